The van der Waals surface area contributed by atoms with Crippen LogP contribution in [-0.2, 0) is 7.05 Å². The Labute approximate surface area is 78.1 Å². The molecule has 0 bridgehead atoms. The second kappa shape index (κ2) is 2.64. The van der Waals surface area contributed by atoms with Gasteiger partial charge in [-0.15, -0.1) is 11.3 Å². The van der Waals surface area contributed by atoms with Gasteiger partial charge in [0.2, 0.25) is 0 Å². The average molecular weight is 199 g/mol. The minimum absolute atomic E-state index is 0.209. The number of nitrogens with zero attached hydrogens (tertiary/aromatic N) is 1. The first-order valence-electron chi connectivity index (χ1n) is 3.43. The molecule has 0 spiro atoms. The normalized spacial score (nSPS) is 10.8. The summed E-state index contributed by atoms with van der Waals surface area (Å²) in [5, 5.41) is 0. The Morgan fingerprint density at radius 3 is 3.00 bits per heavy atom. The Morgan fingerprint density at radius 2 is 2.25 bits per heavy atom. The Morgan fingerprint density at radius 1 is 1.50 bits per heavy atom. The Hall–Kier alpha value is -0.740. The molecule has 2 rings (SSSR count). The third-order valence-corrected chi connectivity index (χ3v) is 3.27. The maximum absolute atomic E-state index is 12.7. The quantitative estimate of drug-likeness (QED) is 0.590. The Bertz CT molecular complexity index is 483. The molecule has 0 aliphatic rings. The van der Waals surface area contributed by atoms with Crippen molar-refractivity contribution in [3.05, 3.63) is 28.0 Å². The number of halogens is 1. The van der Waals surface area contributed by atoms with Crippen LogP contribution in [0.1, 0.15) is 0 Å². The molecule has 1 heterocycles. The van der Waals surface area contributed by atoms with E-state index in [1.54, 1.807) is 6.07 Å². The van der Waals surface area contributed by atoms with Crippen LogP contribution in [0, 0.1) is 9.77 Å². The van der Waals surface area contributed by atoms with Crippen LogP contribution < -0.4 is 0 Å². The molecule has 0 saturated carbocycles. The predicted octanol–water partition coefficient (Wildman–Crippen LogP) is 3.11. The van der Waals surface area contributed by atoms with E-state index in [1.165, 1.54) is 23.5 Å². The number of thiazole rings is 1. The van der Waals surface area contributed by atoms with Crippen LogP contribution in [0.25, 0.3) is 10.2 Å². The summed E-state index contributed by atoms with van der Waals surface area (Å²) in [4.78, 5) is 0. The second-order valence-corrected chi connectivity index (χ2v) is 4.21. The molecule has 4 heteroatoms. The summed E-state index contributed by atoms with van der Waals surface area (Å²) in [7, 11) is 1.89. The third kappa shape index (κ3) is 1.07. The highest BCUT2D eigenvalue weighted by Gasteiger charge is 2.01. The van der Waals surface area contributed by atoms with Crippen LogP contribution in [-0.4, -0.2) is 4.57 Å². The summed E-state index contributed by atoms with van der Waals surface area (Å²) in [6, 6.07) is 4.70. The highest BCUT2D eigenvalue weighted by molar-refractivity contribution is 7.73. The van der Waals surface area contributed by atoms with Crippen molar-refractivity contribution >= 4 is 33.8 Å². The molecule has 2 aromatic rings. The van der Waals surface area contributed by atoms with Crippen LogP contribution in [0.4, 0.5) is 4.39 Å². The van der Waals surface area contributed by atoms with Gasteiger partial charge in [0.1, 0.15) is 5.82 Å². The smallest absolute Gasteiger partial charge is 0.161 e. The predicted molar refractivity (Wildman–Crippen MR) is 51.6 cm³/mol. The molecule has 0 aliphatic heterocycles. The fourth-order valence-electron chi connectivity index (χ4n) is 1.11. The lowest BCUT2D eigenvalue weighted by Crippen LogP contribution is -1.85. The standard InChI is InChI=1S/C8H6FNS2/c1-10-6-3-2-5(9)4-7(6)12-8(10)11/h2-4H,1H3. The molecule has 12 heavy (non-hydrogen) atoms. The van der Waals surface area contributed by atoms with Crippen LogP contribution in [0.3, 0.4) is 0 Å². The van der Waals surface area contributed by atoms with Crippen LogP contribution in [0.2, 0.25) is 0 Å². The van der Waals surface area contributed by atoms with Gasteiger partial charge in [0, 0.05) is 7.05 Å². The highest BCUT2D eigenvalue weighted by atomic mass is 32.1. The van der Waals surface area contributed by atoms with Crippen molar-refractivity contribution < 1.29 is 4.39 Å². The third-order valence-electron chi connectivity index (χ3n) is 1.75. The molecule has 0 radical (unpaired) electrons. The number of aryl methyl sites for hydroxylation is 1. The first-order chi connectivity index (χ1) is 5.68. The summed E-state index contributed by atoms with van der Waals surface area (Å²) >= 11 is 6.49. The fraction of sp³-hybridized carbons (Fsp3) is 0.125. The van der Waals surface area contributed by atoms with Crippen molar-refractivity contribution in [3.63, 3.8) is 0 Å². The van der Waals surface area contributed by atoms with Gasteiger partial charge in [-0.2, -0.15) is 0 Å². The Balaban J connectivity index is 2.96. The van der Waals surface area contributed by atoms with Gasteiger partial charge in [0.05, 0.1) is 10.2 Å². The van der Waals surface area contributed by atoms with Gasteiger partial charge in [-0.05, 0) is 30.4 Å². The molecule has 62 valence electrons. The van der Waals surface area contributed by atoms with Crippen LogP contribution in [0.15, 0.2) is 18.2 Å². The van der Waals surface area contributed by atoms with Gasteiger partial charge >= 0.3 is 0 Å². The SMILES string of the molecule is Cn1c(=S)sc2cc(F)ccc21. The van der Waals surface area contributed by atoms with E-state index < -0.39 is 0 Å². The van der Waals surface area contributed by atoms with Gasteiger partial charge in [0.15, 0.2) is 3.95 Å². The van der Waals surface area contributed by atoms with Crippen molar-refractivity contribution in [3.8, 4) is 0 Å². The zero-order valence-corrected chi connectivity index (χ0v) is 8.01. The summed E-state index contributed by atoms with van der Waals surface area (Å²) in [6.45, 7) is 0. The summed E-state index contributed by atoms with van der Waals surface area (Å²) in [5.74, 6) is -0.209. The van der Waals surface area contributed by atoms with Gasteiger partial charge in [-0.3, -0.25) is 0 Å². The van der Waals surface area contributed by atoms with Crippen LogP contribution in [0.5, 0.6) is 0 Å². The van der Waals surface area contributed by atoms with Crippen LogP contribution >= 0.6 is 23.6 Å². The zero-order chi connectivity index (χ0) is 8.72. The molecule has 0 N–H and O–H groups in total. The summed E-state index contributed by atoms with van der Waals surface area (Å²) < 4.78 is 16.3. The second-order valence-electron chi connectivity index (χ2n) is 2.54. The highest BCUT2D eigenvalue weighted by Crippen LogP contribution is 2.22. The maximum Gasteiger partial charge on any atom is 0.161 e. The topological polar surface area (TPSA) is 4.93 Å². The molecular formula is C8H6FNS2. The number of hydrogen-bond donors (Lipinski definition) is 0. The summed E-state index contributed by atoms with van der Waals surface area (Å²) in [6.07, 6.45) is 0. The van der Waals surface area contributed by atoms with Gasteiger partial charge < -0.3 is 4.57 Å². The number of rotatable bonds is 0. The maximum atomic E-state index is 12.7. The molecule has 0 aliphatic carbocycles. The minimum Gasteiger partial charge on any atom is -0.326 e. The van der Waals surface area contributed by atoms with Crippen molar-refractivity contribution in [2.45, 2.75) is 0 Å². The molecule has 0 saturated heterocycles. The van der Waals surface area contributed by atoms with E-state index in [1.807, 2.05) is 11.6 Å². The lowest BCUT2D eigenvalue weighted by atomic mass is 10.3. The molecule has 0 fully saturated rings. The van der Waals surface area contributed by atoms with Gasteiger partial charge in [0.25, 0.3) is 0 Å². The number of aromatic nitrogens is 1. The van der Waals surface area contributed by atoms with Gasteiger partial charge in [-0.25, -0.2) is 4.39 Å². The van der Waals surface area contributed by atoms with Crippen molar-refractivity contribution in [1.29, 1.82) is 0 Å². The van der Waals surface area contributed by atoms with E-state index in [0.29, 0.717) is 0 Å². The molecular weight excluding hydrogens is 193 g/mol. The van der Waals surface area contributed by atoms with E-state index in [-0.39, 0.29) is 5.82 Å². The monoisotopic (exact) mass is 199 g/mol. The average Bonchev–Trinajstić information content (AvgIpc) is 2.28. The molecule has 0 amide bonds. The molecule has 1 aromatic heterocycles. The molecule has 0 unspecified atom stereocenters. The Kier molecular flexibility index (Phi) is 1.73. The number of fused-ring (bicyclic) bond motifs is 1. The lowest BCUT2D eigenvalue weighted by Gasteiger charge is -1.93. The number of benzene rings is 1. The lowest BCUT2D eigenvalue weighted by molar-refractivity contribution is 0.629. The zero-order valence-electron chi connectivity index (χ0n) is 6.37. The molecule has 1 nitrogen and oxygen atoms in total. The fourth-order valence-corrected chi connectivity index (χ4v) is 2.38. The van der Waals surface area contributed by atoms with E-state index in [0.717, 1.165) is 14.2 Å². The number of hydrogen-bond acceptors (Lipinski definition) is 2. The molecule has 1 aromatic carbocycles. The van der Waals surface area contributed by atoms with E-state index in [2.05, 4.69) is 0 Å². The largest absolute Gasteiger partial charge is 0.326 e. The van der Waals surface area contributed by atoms with E-state index >= 15 is 0 Å². The van der Waals surface area contributed by atoms with Crippen molar-refractivity contribution in [2.24, 2.45) is 7.05 Å². The van der Waals surface area contributed by atoms with E-state index in [9.17, 15) is 4.39 Å². The first-order valence-corrected chi connectivity index (χ1v) is 4.66. The van der Waals surface area contributed by atoms with Gasteiger partial charge in [-0.1, -0.05) is 0 Å². The first kappa shape index (κ1) is 7.89. The van der Waals surface area contributed by atoms with Crippen molar-refractivity contribution in [1.82, 2.24) is 4.57 Å². The minimum atomic E-state index is -0.209. The van der Waals surface area contributed by atoms with Crippen molar-refractivity contribution in [2.75, 3.05) is 0 Å². The summed E-state index contributed by atoms with van der Waals surface area (Å²) in [5.41, 5.74) is 0.992. The molecule has 0 atom stereocenters. The van der Waals surface area contributed by atoms with E-state index in [4.69, 9.17) is 12.2 Å².